The van der Waals surface area contributed by atoms with Crippen LogP contribution in [0.2, 0.25) is 0 Å². The number of para-hydroxylation sites is 2. The third kappa shape index (κ3) is 3.29. The number of fused-ring (bicyclic) bond motifs is 1. The van der Waals surface area contributed by atoms with E-state index >= 15 is 0 Å². The highest BCUT2D eigenvalue weighted by molar-refractivity contribution is 5.95. The lowest BCUT2D eigenvalue weighted by Gasteiger charge is -2.31. The molecule has 7 heteroatoms. The van der Waals surface area contributed by atoms with Crippen molar-refractivity contribution in [1.82, 2.24) is 0 Å². The van der Waals surface area contributed by atoms with Gasteiger partial charge in [-0.05, 0) is 37.3 Å². The second-order valence-electron chi connectivity index (χ2n) is 5.38. The summed E-state index contributed by atoms with van der Waals surface area (Å²) in [4.78, 5) is 12.4. The van der Waals surface area contributed by atoms with Crippen molar-refractivity contribution in [2.75, 3.05) is 5.32 Å². The summed E-state index contributed by atoms with van der Waals surface area (Å²) in [5.41, 5.74) is -0.788. The third-order valence-electron chi connectivity index (χ3n) is 3.56. The average molecular weight is 337 g/mol. The van der Waals surface area contributed by atoms with Crippen molar-refractivity contribution in [1.29, 1.82) is 0 Å². The zero-order chi connectivity index (χ0) is 17.3. The predicted octanol–water partition coefficient (Wildman–Crippen LogP) is 3.87. The Morgan fingerprint density at radius 3 is 2.38 bits per heavy atom. The number of benzene rings is 2. The zero-order valence-corrected chi connectivity index (χ0v) is 12.6. The highest BCUT2D eigenvalue weighted by Gasteiger charge is 2.35. The Hall–Kier alpha value is -2.70. The molecule has 1 aliphatic rings. The van der Waals surface area contributed by atoms with Crippen LogP contribution in [-0.4, -0.2) is 18.1 Å². The SMILES string of the molecule is C[C@@H]1Oc2ccccc2O[C@H]1C(=O)Nc1cccc(C(F)(F)F)c1. The normalized spacial score (nSPS) is 19.7. The first-order chi connectivity index (χ1) is 11.3. The van der Waals surface area contributed by atoms with E-state index in [4.69, 9.17) is 9.47 Å². The van der Waals surface area contributed by atoms with Crippen LogP contribution in [0.1, 0.15) is 12.5 Å². The summed E-state index contributed by atoms with van der Waals surface area (Å²) in [7, 11) is 0. The van der Waals surface area contributed by atoms with Crippen LogP contribution in [0.5, 0.6) is 11.5 Å². The van der Waals surface area contributed by atoms with E-state index < -0.39 is 29.9 Å². The van der Waals surface area contributed by atoms with Crippen LogP contribution in [0.4, 0.5) is 18.9 Å². The van der Waals surface area contributed by atoms with Gasteiger partial charge in [-0.2, -0.15) is 13.2 Å². The van der Waals surface area contributed by atoms with Gasteiger partial charge in [-0.25, -0.2) is 0 Å². The van der Waals surface area contributed by atoms with Crippen LogP contribution >= 0.6 is 0 Å². The van der Waals surface area contributed by atoms with Crippen molar-refractivity contribution < 1.29 is 27.4 Å². The van der Waals surface area contributed by atoms with E-state index in [-0.39, 0.29) is 5.69 Å². The summed E-state index contributed by atoms with van der Waals surface area (Å²) in [5.74, 6) is 0.365. The van der Waals surface area contributed by atoms with Gasteiger partial charge in [0.2, 0.25) is 6.10 Å². The smallest absolute Gasteiger partial charge is 0.416 e. The summed E-state index contributed by atoms with van der Waals surface area (Å²) in [6, 6.07) is 11.3. The summed E-state index contributed by atoms with van der Waals surface area (Å²) in [6.45, 7) is 1.66. The van der Waals surface area contributed by atoms with Gasteiger partial charge in [0.05, 0.1) is 5.56 Å². The third-order valence-corrected chi connectivity index (χ3v) is 3.56. The summed E-state index contributed by atoms with van der Waals surface area (Å²) >= 11 is 0. The second kappa shape index (κ2) is 6.07. The highest BCUT2D eigenvalue weighted by Crippen LogP contribution is 2.34. The first-order valence-electron chi connectivity index (χ1n) is 7.25. The Bertz CT molecular complexity index is 761. The minimum absolute atomic E-state index is 0.0458. The Labute approximate surface area is 136 Å². The number of anilines is 1. The largest absolute Gasteiger partial charge is 0.482 e. The molecule has 2 aromatic carbocycles. The van der Waals surface area contributed by atoms with Crippen LogP contribution in [0.25, 0.3) is 0 Å². The Kier molecular flexibility index (Phi) is 4.09. The maximum absolute atomic E-state index is 12.7. The number of ether oxygens (including phenoxy) is 2. The van der Waals surface area contributed by atoms with Crippen molar-refractivity contribution >= 4 is 11.6 Å². The van der Waals surface area contributed by atoms with Gasteiger partial charge < -0.3 is 14.8 Å². The van der Waals surface area contributed by atoms with Crippen LogP contribution in [0.15, 0.2) is 48.5 Å². The molecule has 0 aliphatic carbocycles. The number of hydrogen-bond donors (Lipinski definition) is 1. The van der Waals surface area contributed by atoms with E-state index in [0.717, 1.165) is 12.1 Å². The van der Waals surface area contributed by atoms with Crippen molar-refractivity contribution in [3.8, 4) is 11.5 Å². The number of hydrogen-bond acceptors (Lipinski definition) is 3. The lowest BCUT2D eigenvalue weighted by molar-refractivity contribution is -0.137. The molecule has 1 heterocycles. The lowest BCUT2D eigenvalue weighted by Crippen LogP contribution is -2.46. The van der Waals surface area contributed by atoms with Gasteiger partial charge in [0.25, 0.3) is 5.91 Å². The Balaban J connectivity index is 1.76. The van der Waals surface area contributed by atoms with Crippen LogP contribution < -0.4 is 14.8 Å². The van der Waals surface area contributed by atoms with Crippen molar-refractivity contribution in [2.45, 2.75) is 25.3 Å². The summed E-state index contributed by atoms with van der Waals surface area (Å²) < 4.78 is 49.4. The molecule has 0 radical (unpaired) electrons. The summed E-state index contributed by atoms with van der Waals surface area (Å²) in [6.07, 6.45) is -6.02. The summed E-state index contributed by atoms with van der Waals surface area (Å²) in [5, 5.41) is 2.44. The number of carbonyl (C=O) groups is 1. The van der Waals surface area contributed by atoms with Gasteiger partial charge in [0, 0.05) is 5.69 Å². The Morgan fingerprint density at radius 2 is 1.71 bits per heavy atom. The Morgan fingerprint density at radius 1 is 1.04 bits per heavy atom. The molecule has 0 unspecified atom stereocenters. The fourth-order valence-electron chi connectivity index (χ4n) is 2.39. The van der Waals surface area contributed by atoms with Gasteiger partial charge in [-0.3, -0.25) is 4.79 Å². The molecule has 0 bridgehead atoms. The van der Waals surface area contributed by atoms with Crippen molar-refractivity contribution in [3.63, 3.8) is 0 Å². The number of carbonyl (C=O) groups excluding carboxylic acids is 1. The van der Waals surface area contributed by atoms with E-state index in [0.29, 0.717) is 11.5 Å². The van der Waals surface area contributed by atoms with E-state index in [9.17, 15) is 18.0 Å². The molecule has 0 fully saturated rings. The topological polar surface area (TPSA) is 47.6 Å². The molecule has 1 N–H and O–H groups in total. The molecule has 24 heavy (non-hydrogen) atoms. The number of nitrogens with one attached hydrogen (secondary N) is 1. The quantitative estimate of drug-likeness (QED) is 0.905. The monoisotopic (exact) mass is 337 g/mol. The molecule has 0 aromatic heterocycles. The number of alkyl halides is 3. The molecule has 0 saturated heterocycles. The molecule has 1 aliphatic heterocycles. The maximum atomic E-state index is 12.7. The molecular formula is C17H14F3NO3. The van der Waals surface area contributed by atoms with Crippen molar-refractivity contribution in [2.24, 2.45) is 0 Å². The van der Waals surface area contributed by atoms with Gasteiger partial charge >= 0.3 is 6.18 Å². The molecule has 0 saturated carbocycles. The molecule has 3 rings (SSSR count). The standard InChI is InChI=1S/C17H14F3NO3/c1-10-15(24-14-8-3-2-7-13(14)23-10)16(22)21-12-6-4-5-11(9-12)17(18,19)20/h2-10,15H,1H3,(H,21,22)/t10-,15+/m0/s1. The molecule has 2 atom stereocenters. The zero-order valence-electron chi connectivity index (χ0n) is 12.6. The predicted molar refractivity (Wildman–Crippen MR) is 81.0 cm³/mol. The molecule has 126 valence electrons. The van der Waals surface area contributed by atoms with Gasteiger partial charge in [0.1, 0.15) is 6.10 Å². The molecule has 0 spiro atoms. The molecular weight excluding hydrogens is 323 g/mol. The fourth-order valence-corrected chi connectivity index (χ4v) is 2.39. The van der Waals surface area contributed by atoms with E-state index in [2.05, 4.69) is 5.32 Å². The van der Waals surface area contributed by atoms with Crippen LogP contribution in [0.3, 0.4) is 0 Å². The van der Waals surface area contributed by atoms with Gasteiger partial charge in [-0.1, -0.05) is 18.2 Å². The fraction of sp³-hybridized carbons (Fsp3) is 0.235. The second-order valence-corrected chi connectivity index (χ2v) is 5.38. The first-order valence-corrected chi connectivity index (χ1v) is 7.25. The number of halogens is 3. The first kappa shape index (κ1) is 16.2. The minimum Gasteiger partial charge on any atom is -0.482 e. The van der Waals surface area contributed by atoms with Gasteiger partial charge in [-0.15, -0.1) is 0 Å². The van der Waals surface area contributed by atoms with E-state index in [1.807, 2.05) is 0 Å². The van der Waals surface area contributed by atoms with Crippen LogP contribution in [-0.2, 0) is 11.0 Å². The minimum atomic E-state index is -4.47. The molecule has 2 aromatic rings. The van der Waals surface area contributed by atoms with E-state index in [1.54, 1.807) is 31.2 Å². The van der Waals surface area contributed by atoms with Crippen LogP contribution in [0, 0.1) is 0 Å². The van der Waals surface area contributed by atoms with Crippen molar-refractivity contribution in [3.05, 3.63) is 54.1 Å². The van der Waals surface area contributed by atoms with Gasteiger partial charge in [0.15, 0.2) is 11.5 Å². The maximum Gasteiger partial charge on any atom is 0.416 e. The number of rotatable bonds is 2. The lowest BCUT2D eigenvalue weighted by atomic mass is 10.1. The highest BCUT2D eigenvalue weighted by atomic mass is 19.4. The van der Waals surface area contributed by atoms with E-state index in [1.165, 1.54) is 12.1 Å². The molecule has 1 amide bonds. The molecule has 4 nitrogen and oxygen atoms in total. The average Bonchev–Trinajstić information content (AvgIpc) is 2.53. The number of amides is 1.